The molecule has 2 N–H and O–H groups in total. The summed E-state index contributed by atoms with van der Waals surface area (Å²) >= 11 is 1.66. The van der Waals surface area contributed by atoms with Crippen molar-refractivity contribution < 1.29 is 15.0 Å². The number of pyridine rings is 1. The maximum absolute atomic E-state index is 11.1. The van der Waals surface area contributed by atoms with E-state index in [1.807, 2.05) is 11.4 Å². The van der Waals surface area contributed by atoms with Crippen LogP contribution >= 0.6 is 11.3 Å². The smallest absolute Gasteiger partial charge is 0.407 e. The van der Waals surface area contributed by atoms with Crippen LogP contribution in [0.25, 0.3) is 21.3 Å². The molecule has 1 amide bonds. The van der Waals surface area contributed by atoms with Gasteiger partial charge in [-0.15, -0.1) is 11.3 Å². The minimum Gasteiger partial charge on any atom is -0.465 e. The first-order chi connectivity index (χ1) is 13.0. The van der Waals surface area contributed by atoms with Gasteiger partial charge in [-0.25, -0.2) is 9.78 Å². The second-order valence-corrected chi connectivity index (χ2v) is 8.40. The van der Waals surface area contributed by atoms with Gasteiger partial charge >= 0.3 is 6.09 Å². The summed E-state index contributed by atoms with van der Waals surface area (Å²) in [6.45, 7) is 2.33. The molecule has 1 fully saturated rings. The van der Waals surface area contributed by atoms with Gasteiger partial charge in [-0.1, -0.05) is 0 Å². The van der Waals surface area contributed by atoms with Crippen molar-refractivity contribution >= 4 is 38.7 Å². The molecule has 0 saturated heterocycles. The van der Waals surface area contributed by atoms with Crippen molar-refractivity contribution in [3.63, 3.8) is 0 Å². The van der Waals surface area contributed by atoms with Gasteiger partial charge < -0.3 is 19.7 Å². The summed E-state index contributed by atoms with van der Waals surface area (Å²) in [4.78, 5) is 21.6. The molecule has 8 heteroatoms. The summed E-state index contributed by atoms with van der Waals surface area (Å²) in [7, 11) is 1.63. The Labute approximate surface area is 161 Å². The molecule has 3 aromatic heterocycles. The number of thiophene rings is 1. The van der Waals surface area contributed by atoms with Gasteiger partial charge in [0.15, 0.2) is 0 Å². The topological polar surface area (TPSA) is 91.5 Å². The van der Waals surface area contributed by atoms with E-state index in [9.17, 15) is 9.90 Å². The average molecular weight is 388 g/mol. The monoisotopic (exact) mass is 388 g/mol. The van der Waals surface area contributed by atoms with Crippen LogP contribution in [0.3, 0.4) is 0 Å². The van der Waals surface area contributed by atoms with E-state index in [1.54, 1.807) is 31.5 Å². The predicted octanol–water partition coefficient (Wildman–Crippen LogP) is 4.04. The Morgan fingerprint density at radius 1 is 1.37 bits per heavy atom. The van der Waals surface area contributed by atoms with E-state index in [0.29, 0.717) is 18.3 Å². The number of carbonyl (C=O) groups is 1. The Kier molecular flexibility index (Phi) is 4.77. The Morgan fingerprint density at radius 3 is 2.78 bits per heavy atom. The van der Waals surface area contributed by atoms with E-state index in [2.05, 4.69) is 14.5 Å². The van der Waals surface area contributed by atoms with E-state index in [4.69, 9.17) is 5.11 Å². The molecule has 0 bridgehead atoms. The lowest BCUT2D eigenvalue weighted by atomic mass is 9.85. The molecule has 1 aliphatic rings. The van der Waals surface area contributed by atoms with E-state index < -0.39 is 12.2 Å². The van der Waals surface area contributed by atoms with Crippen LogP contribution in [0.2, 0.25) is 0 Å². The van der Waals surface area contributed by atoms with E-state index >= 15 is 0 Å². The van der Waals surface area contributed by atoms with Gasteiger partial charge in [-0.05, 0) is 50.0 Å². The van der Waals surface area contributed by atoms with E-state index in [0.717, 1.165) is 46.9 Å². The third-order valence-electron chi connectivity index (χ3n) is 5.56. The number of aliphatic hydroxyl groups excluding tert-OH is 1. The number of hydrogen-bond acceptors (Lipinski definition) is 5. The molecule has 144 valence electrons. The normalized spacial score (nSPS) is 21.6. The number of aromatic nitrogens is 3. The van der Waals surface area contributed by atoms with Gasteiger partial charge in [0.1, 0.15) is 17.4 Å². The number of amides is 1. The van der Waals surface area contributed by atoms with Crippen LogP contribution in [-0.2, 0) is 0 Å². The number of aliphatic hydroxyl groups is 1. The molecule has 0 radical (unpaired) electrons. The first-order valence-corrected chi connectivity index (χ1v) is 10.2. The third-order valence-corrected chi connectivity index (χ3v) is 6.47. The minimum atomic E-state index is -0.873. The van der Waals surface area contributed by atoms with Crippen molar-refractivity contribution in [1.29, 1.82) is 0 Å². The highest BCUT2D eigenvalue weighted by molar-refractivity contribution is 7.18. The first kappa shape index (κ1) is 18.2. The summed E-state index contributed by atoms with van der Waals surface area (Å²) in [5.41, 5.74) is 2.85. The van der Waals surface area contributed by atoms with Crippen molar-refractivity contribution in [3.8, 4) is 0 Å². The Bertz CT molecular complexity index is 972. The zero-order chi connectivity index (χ0) is 19.1. The third kappa shape index (κ3) is 3.27. The molecule has 1 atom stereocenters. The maximum atomic E-state index is 11.1. The van der Waals surface area contributed by atoms with Crippen LogP contribution in [0.15, 0.2) is 17.6 Å². The summed E-state index contributed by atoms with van der Waals surface area (Å²) < 4.78 is 3.33. The van der Waals surface area contributed by atoms with Crippen molar-refractivity contribution in [1.82, 2.24) is 19.4 Å². The first-order valence-electron chi connectivity index (χ1n) is 9.32. The number of imidazole rings is 1. The molecular weight excluding hydrogens is 364 g/mol. The van der Waals surface area contributed by atoms with Crippen molar-refractivity contribution in [2.45, 2.75) is 44.8 Å². The van der Waals surface area contributed by atoms with Gasteiger partial charge in [0.25, 0.3) is 0 Å². The molecule has 3 aromatic rings. The quantitative estimate of drug-likeness (QED) is 0.704. The highest BCUT2D eigenvalue weighted by atomic mass is 32.1. The summed E-state index contributed by atoms with van der Waals surface area (Å²) in [5, 5.41) is 21.4. The van der Waals surface area contributed by atoms with Crippen LogP contribution in [0, 0.1) is 5.92 Å². The molecule has 0 spiro atoms. The SMILES string of the molecule is C[C@@H](O)c1nc2cnc3ccsc3c2n1[C@H]1CC[C@H](CN(C)C(=O)O)CC1. The molecule has 7 nitrogen and oxygen atoms in total. The van der Waals surface area contributed by atoms with Gasteiger partial charge in [0, 0.05) is 19.6 Å². The average Bonchev–Trinajstić information content (AvgIpc) is 3.26. The van der Waals surface area contributed by atoms with Crippen LogP contribution in [-0.4, -0.2) is 49.3 Å². The largest absolute Gasteiger partial charge is 0.465 e. The lowest BCUT2D eigenvalue weighted by Crippen LogP contribution is -2.32. The molecular formula is C19H24N4O3S. The molecule has 0 unspecified atom stereocenters. The molecule has 1 saturated carbocycles. The highest BCUT2D eigenvalue weighted by Crippen LogP contribution is 2.39. The fourth-order valence-corrected chi connectivity index (χ4v) is 5.10. The lowest BCUT2D eigenvalue weighted by Gasteiger charge is -2.32. The zero-order valence-corrected chi connectivity index (χ0v) is 16.3. The van der Waals surface area contributed by atoms with Gasteiger partial charge in [0.2, 0.25) is 0 Å². The second kappa shape index (κ2) is 7.09. The number of fused-ring (bicyclic) bond motifs is 3. The fourth-order valence-electron chi connectivity index (χ4n) is 4.21. The number of nitrogens with zero attached hydrogens (tertiary/aromatic N) is 4. The Morgan fingerprint density at radius 2 is 2.11 bits per heavy atom. The lowest BCUT2D eigenvalue weighted by molar-refractivity contribution is 0.138. The number of hydrogen-bond donors (Lipinski definition) is 2. The van der Waals surface area contributed by atoms with Crippen molar-refractivity contribution in [3.05, 3.63) is 23.5 Å². The molecule has 0 aliphatic heterocycles. The van der Waals surface area contributed by atoms with Crippen molar-refractivity contribution in [2.75, 3.05) is 13.6 Å². The maximum Gasteiger partial charge on any atom is 0.407 e. The second-order valence-electron chi connectivity index (χ2n) is 7.48. The Hall–Kier alpha value is -2.19. The predicted molar refractivity (Wildman–Crippen MR) is 105 cm³/mol. The van der Waals surface area contributed by atoms with Crippen LogP contribution in [0.1, 0.15) is 50.6 Å². The molecule has 4 rings (SSSR count). The summed E-state index contributed by atoms with van der Waals surface area (Å²) in [6.07, 6.45) is 4.13. The summed E-state index contributed by atoms with van der Waals surface area (Å²) in [6, 6.07) is 2.27. The molecule has 3 heterocycles. The number of rotatable bonds is 4. The highest BCUT2D eigenvalue weighted by Gasteiger charge is 2.29. The van der Waals surface area contributed by atoms with Crippen LogP contribution in [0.4, 0.5) is 4.79 Å². The standard InChI is InChI=1S/C19H24N4O3S/c1-11(24)18-21-15-9-20-14-7-8-27-17(14)16(15)23(18)13-5-3-12(4-6-13)10-22(2)19(25)26/h7-9,11-13,24H,3-6,10H2,1-2H3,(H,25,26)/t11-,12-,13-/m1/s1. The van der Waals surface area contributed by atoms with Crippen molar-refractivity contribution in [2.24, 2.45) is 5.92 Å². The Balaban J connectivity index is 1.66. The fraction of sp³-hybridized carbons (Fsp3) is 0.526. The number of carboxylic acid groups (broad SMARTS) is 1. The van der Waals surface area contributed by atoms with Crippen LogP contribution in [0.5, 0.6) is 0 Å². The minimum absolute atomic E-state index is 0.263. The molecule has 1 aliphatic carbocycles. The van der Waals surface area contributed by atoms with E-state index in [-0.39, 0.29) is 6.04 Å². The van der Waals surface area contributed by atoms with Crippen LogP contribution < -0.4 is 0 Å². The summed E-state index contributed by atoms with van der Waals surface area (Å²) in [5.74, 6) is 1.08. The van der Waals surface area contributed by atoms with Gasteiger partial charge in [0.05, 0.1) is 21.9 Å². The van der Waals surface area contributed by atoms with E-state index in [1.165, 1.54) is 4.90 Å². The van der Waals surface area contributed by atoms with Gasteiger partial charge in [-0.3, -0.25) is 4.98 Å². The van der Waals surface area contributed by atoms with Gasteiger partial charge in [-0.2, -0.15) is 0 Å². The molecule has 0 aromatic carbocycles. The molecule has 27 heavy (non-hydrogen) atoms. The zero-order valence-electron chi connectivity index (χ0n) is 15.5.